The molecule has 6 heteroatoms. The number of hydrogen-bond donors (Lipinski definition) is 1. The molecule has 0 saturated carbocycles. The van der Waals surface area contributed by atoms with Crippen LogP contribution in [0.2, 0.25) is 5.02 Å². The van der Waals surface area contributed by atoms with Gasteiger partial charge in [0.05, 0.1) is 7.11 Å². The second kappa shape index (κ2) is 6.76. The third kappa shape index (κ3) is 3.58. The maximum absolute atomic E-state index is 12.8. The van der Waals surface area contributed by atoms with Crippen LogP contribution < -0.4 is 10.1 Å². The average Bonchev–Trinajstić information content (AvgIpc) is 2.97. The third-order valence-electron chi connectivity index (χ3n) is 3.30. The van der Waals surface area contributed by atoms with Crippen molar-refractivity contribution in [2.24, 2.45) is 0 Å². The zero-order valence-electron chi connectivity index (χ0n) is 12.7. The minimum absolute atomic E-state index is 0.355. The van der Waals surface area contributed by atoms with E-state index in [1.807, 2.05) is 0 Å². The number of halogens is 2. The molecule has 2 aromatic carbocycles. The average molecular weight is 346 g/mol. The molecule has 122 valence electrons. The minimum atomic E-state index is -0.363. The van der Waals surface area contributed by atoms with Crippen molar-refractivity contribution in [1.82, 2.24) is 0 Å². The van der Waals surface area contributed by atoms with Crippen molar-refractivity contribution in [2.45, 2.75) is 0 Å². The Hall–Kier alpha value is -2.79. The summed E-state index contributed by atoms with van der Waals surface area (Å²) >= 11 is 6.01. The van der Waals surface area contributed by atoms with Crippen molar-refractivity contribution in [3.05, 3.63) is 65.1 Å². The number of furan rings is 1. The highest BCUT2D eigenvalue weighted by molar-refractivity contribution is 6.31. The van der Waals surface area contributed by atoms with Crippen molar-refractivity contribution in [3.63, 3.8) is 0 Å². The number of carbonyl (C=O) groups is 1. The molecule has 0 fully saturated rings. The SMILES string of the molecule is COc1cc(Cl)cc2cc(C=CC(=O)Nc3ccc(F)cc3)oc12. The predicted molar refractivity (Wildman–Crippen MR) is 91.8 cm³/mol. The smallest absolute Gasteiger partial charge is 0.248 e. The molecule has 4 nitrogen and oxygen atoms in total. The molecule has 1 heterocycles. The van der Waals surface area contributed by atoms with Crippen LogP contribution >= 0.6 is 11.6 Å². The Morgan fingerprint density at radius 1 is 1.25 bits per heavy atom. The highest BCUT2D eigenvalue weighted by atomic mass is 35.5. The van der Waals surface area contributed by atoms with Crippen molar-refractivity contribution < 1.29 is 18.3 Å². The van der Waals surface area contributed by atoms with Crippen LogP contribution in [-0.4, -0.2) is 13.0 Å². The summed E-state index contributed by atoms with van der Waals surface area (Å²) in [5.41, 5.74) is 1.06. The molecule has 0 bridgehead atoms. The van der Waals surface area contributed by atoms with E-state index in [4.69, 9.17) is 20.8 Å². The van der Waals surface area contributed by atoms with Gasteiger partial charge in [0, 0.05) is 28.2 Å². The summed E-state index contributed by atoms with van der Waals surface area (Å²) in [4.78, 5) is 11.9. The summed E-state index contributed by atoms with van der Waals surface area (Å²) < 4.78 is 23.7. The van der Waals surface area contributed by atoms with Gasteiger partial charge in [-0.3, -0.25) is 4.79 Å². The van der Waals surface area contributed by atoms with E-state index in [0.717, 1.165) is 5.39 Å². The van der Waals surface area contributed by atoms with Crippen LogP contribution in [-0.2, 0) is 4.79 Å². The summed E-state index contributed by atoms with van der Waals surface area (Å²) in [7, 11) is 1.53. The number of methoxy groups -OCH3 is 1. The number of hydrogen-bond acceptors (Lipinski definition) is 3. The van der Waals surface area contributed by atoms with Crippen LogP contribution in [0.25, 0.3) is 17.0 Å². The number of nitrogens with one attached hydrogen (secondary N) is 1. The fourth-order valence-corrected chi connectivity index (χ4v) is 2.43. The van der Waals surface area contributed by atoms with Gasteiger partial charge in [-0.25, -0.2) is 4.39 Å². The van der Waals surface area contributed by atoms with Gasteiger partial charge in [0.2, 0.25) is 5.91 Å². The highest BCUT2D eigenvalue weighted by Gasteiger charge is 2.09. The molecule has 1 aromatic heterocycles. The van der Waals surface area contributed by atoms with E-state index in [1.165, 1.54) is 43.5 Å². The topological polar surface area (TPSA) is 51.5 Å². The maximum Gasteiger partial charge on any atom is 0.248 e. The van der Waals surface area contributed by atoms with E-state index in [9.17, 15) is 9.18 Å². The Labute approximate surface area is 142 Å². The van der Waals surface area contributed by atoms with Gasteiger partial charge in [-0.15, -0.1) is 0 Å². The van der Waals surface area contributed by atoms with E-state index in [1.54, 1.807) is 18.2 Å². The van der Waals surface area contributed by atoms with E-state index >= 15 is 0 Å². The van der Waals surface area contributed by atoms with E-state index in [-0.39, 0.29) is 11.7 Å². The van der Waals surface area contributed by atoms with Crippen LogP contribution in [0.15, 0.2) is 53.0 Å². The number of anilines is 1. The second-order valence-electron chi connectivity index (χ2n) is 5.00. The largest absolute Gasteiger partial charge is 0.493 e. The molecule has 0 aliphatic heterocycles. The number of amides is 1. The monoisotopic (exact) mass is 345 g/mol. The van der Waals surface area contributed by atoms with Crippen molar-refractivity contribution >= 4 is 40.2 Å². The molecule has 0 spiro atoms. The van der Waals surface area contributed by atoms with E-state index in [0.29, 0.717) is 27.8 Å². The third-order valence-corrected chi connectivity index (χ3v) is 3.51. The summed E-state index contributed by atoms with van der Waals surface area (Å²) in [5, 5.41) is 3.93. The molecule has 1 amide bonds. The summed E-state index contributed by atoms with van der Waals surface area (Å²) in [5.74, 6) is 0.290. The number of rotatable bonds is 4. The first kappa shape index (κ1) is 16.1. The summed E-state index contributed by atoms with van der Waals surface area (Å²) in [6.45, 7) is 0. The maximum atomic E-state index is 12.8. The molecule has 3 aromatic rings. The van der Waals surface area contributed by atoms with Gasteiger partial charge in [0.1, 0.15) is 11.6 Å². The van der Waals surface area contributed by atoms with Crippen LogP contribution in [0.5, 0.6) is 5.75 Å². The lowest BCUT2D eigenvalue weighted by Gasteiger charge is -2.01. The Kier molecular flexibility index (Phi) is 4.53. The lowest BCUT2D eigenvalue weighted by molar-refractivity contribution is -0.111. The van der Waals surface area contributed by atoms with Crippen molar-refractivity contribution in [2.75, 3.05) is 12.4 Å². The van der Waals surface area contributed by atoms with Crippen molar-refractivity contribution in [1.29, 1.82) is 0 Å². The van der Waals surface area contributed by atoms with Gasteiger partial charge >= 0.3 is 0 Å². The van der Waals surface area contributed by atoms with Gasteiger partial charge in [0.25, 0.3) is 0 Å². The normalized spacial score (nSPS) is 11.1. The van der Waals surface area contributed by atoms with Gasteiger partial charge < -0.3 is 14.5 Å². The van der Waals surface area contributed by atoms with Gasteiger partial charge in [-0.1, -0.05) is 11.6 Å². The fraction of sp³-hybridized carbons (Fsp3) is 0.0556. The Morgan fingerprint density at radius 3 is 2.71 bits per heavy atom. The number of carbonyl (C=O) groups excluding carboxylic acids is 1. The van der Waals surface area contributed by atoms with E-state index in [2.05, 4.69) is 5.32 Å². The minimum Gasteiger partial charge on any atom is -0.493 e. The molecule has 3 rings (SSSR count). The molecule has 0 saturated heterocycles. The van der Waals surface area contributed by atoms with Crippen LogP contribution in [0.1, 0.15) is 5.76 Å². The molecule has 0 aliphatic carbocycles. The molecule has 24 heavy (non-hydrogen) atoms. The van der Waals surface area contributed by atoms with Gasteiger partial charge in [-0.05, 0) is 42.5 Å². The highest BCUT2D eigenvalue weighted by Crippen LogP contribution is 2.32. The first-order valence-corrected chi connectivity index (χ1v) is 7.44. The lowest BCUT2D eigenvalue weighted by Crippen LogP contribution is -2.07. The molecule has 0 atom stereocenters. The number of fused-ring (bicyclic) bond motifs is 1. The zero-order chi connectivity index (χ0) is 17.1. The summed E-state index contributed by atoms with van der Waals surface area (Å²) in [6.07, 6.45) is 2.86. The van der Waals surface area contributed by atoms with Gasteiger partial charge in [0.15, 0.2) is 11.3 Å². The predicted octanol–water partition coefficient (Wildman–Crippen LogP) is 4.89. The standard InChI is InChI=1S/C18H13ClFNO3/c1-23-16-10-12(19)8-11-9-15(24-18(11)16)6-7-17(22)21-14-4-2-13(20)3-5-14/h2-10H,1H3,(H,21,22). The number of benzene rings is 2. The quantitative estimate of drug-likeness (QED) is 0.685. The van der Waals surface area contributed by atoms with Crippen molar-refractivity contribution in [3.8, 4) is 5.75 Å². The first-order valence-electron chi connectivity index (χ1n) is 7.07. The van der Waals surface area contributed by atoms with Crippen LogP contribution in [0.4, 0.5) is 10.1 Å². The van der Waals surface area contributed by atoms with Gasteiger partial charge in [-0.2, -0.15) is 0 Å². The Morgan fingerprint density at radius 2 is 2.00 bits per heavy atom. The second-order valence-corrected chi connectivity index (χ2v) is 5.44. The zero-order valence-corrected chi connectivity index (χ0v) is 13.4. The summed E-state index contributed by atoms with van der Waals surface area (Å²) in [6, 6.07) is 10.7. The molecular formula is C18H13ClFNO3. The first-order chi connectivity index (χ1) is 11.5. The molecule has 1 N–H and O–H groups in total. The van der Waals surface area contributed by atoms with Crippen LogP contribution in [0.3, 0.4) is 0 Å². The Balaban J connectivity index is 1.77. The molecule has 0 unspecified atom stereocenters. The molecule has 0 radical (unpaired) electrons. The fourth-order valence-electron chi connectivity index (χ4n) is 2.21. The molecular weight excluding hydrogens is 333 g/mol. The lowest BCUT2D eigenvalue weighted by atomic mass is 10.2. The van der Waals surface area contributed by atoms with Crippen LogP contribution in [0, 0.1) is 5.82 Å². The Bertz CT molecular complexity index is 916. The number of ether oxygens (including phenoxy) is 1. The van der Waals surface area contributed by atoms with E-state index < -0.39 is 0 Å². The molecule has 0 aliphatic rings.